The molecule has 0 aliphatic heterocycles. The first-order chi connectivity index (χ1) is 9.56. The molecule has 3 nitrogen and oxygen atoms in total. The van der Waals surface area contributed by atoms with Crippen molar-refractivity contribution in [1.82, 2.24) is 5.43 Å². The molecule has 1 atom stereocenters. The predicted molar refractivity (Wildman–Crippen MR) is 94.0 cm³/mol. The number of hydrazine groups is 1. The molecule has 106 valence electrons. The maximum atomic E-state index is 6.06. The molecule has 0 aliphatic carbocycles. The van der Waals surface area contributed by atoms with E-state index in [4.69, 9.17) is 22.2 Å². The molecule has 3 N–H and O–H groups in total. The molecule has 0 radical (unpaired) electrons. The van der Waals surface area contributed by atoms with E-state index in [1.807, 2.05) is 30.3 Å². The lowest BCUT2D eigenvalue weighted by Crippen LogP contribution is -2.29. The van der Waals surface area contributed by atoms with E-state index in [1.54, 1.807) is 7.11 Å². The third-order valence-corrected chi connectivity index (χ3v) is 4.65. The predicted octanol–water partition coefficient (Wildman–Crippen LogP) is 4.27. The van der Waals surface area contributed by atoms with Crippen molar-refractivity contribution in [3.8, 4) is 5.75 Å². The van der Waals surface area contributed by atoms with E-state index >= 15 is 0 Å². The molecule has 0 fully saturated rings. The summed E-state index contributed by atoms with van der Waals surface area (Å²) in [5, 5.41) is 0.578. The Kier molecular flexibility index (Phi) is 5.68. The normalized spacial score (nSPS) is 12.2. The van der Waals surface area contributed by atoms with Gasteiger partial charge in [-0.25, -0.2) is 5.43 Å². The summed E-state index contributed by atoms with van der Waals surface area (Å²) >= 11 is 11.9. The summed E-state index contributed by atoms with van der Waals surface area (Å²) < 4.78 is 7.39. The lowest BCUT2D eigenvalue weighted by Gasteiger charge is -2.19. The minimum Gasteiger partial charge on any atom is -0.495 e. The number of hydrogen-bond acceptors (Lipinski definition) is 3. The van der Waals surface area contributed by atoms with Gasteiger partial charge in [0.1, 0.15) is 5.75 Å². The van der Waals surface area contributed by atoms with Crippen LogP contribution in [0.25, 0.3) is 0 Å². The first-order valence-electron chi connectivity index (χ1n) is 5.81. The number of ether oxygens (including phenoxy) is 1. The minimum atomic E-state index is -0.148. The largest absolute Gasteiger partial charge is 0.495 e. The van der Waals surface area contributed by atoms with Crippen molar-refractivity contribution in [1.29, 1.82) is 0 Å². The number of benzene rings is 2. The van der Waals surface area contributed by atoms with E-state index in [0.717, 1.165) is 19.2 Å². The van der Waals surface area contributed by atoms with Crippen LogP contribution in [-0.4, -0.2) is 7.11 Å². The fraction of sp³-hybridized carbons (Fsp3) is 0.143. The van der Waals surface area contributed by atoms with E-state index in [9.17, 15) is 0 Å². The summed E-state index contributed by atoms with van der Waals surface area (Å²) in [6.07, 6.45) is 0. The summed E-state index contributed by atoms with van der Waals surface area (Å²) in [4.78, 5) is 0. The Labute approximate surface area is 145 Å². The minimum absolute atomic E-state index is 0.148. The lowest BCUT2D eigenvalue weighted by molar-refractivity contribution is 0.414. The SMILES string of the molecule is COc1cc(C(NN)c2cc(I)ccc2Br)ccc1Cl. The van der Waals surface area contributed by atoms with Gasteiger partial charge in [0.15, 0.2) is 0 Å². The first kappa shape index (κ1) is 16.0. The molecule has 0 amide bonds. The Balaban J connectivity index is 2.49. The lowest BCUT2D eigenvalue weighted by atomic mass is 9.99. The molecular formula is C14H13BrClIN2O. The van der Waals surface area contributed by atoms with E-state index in [2.05, 4.69) is 50.0 Å². The van der Waals surface area contributed by atoms with Gasteiger partial charge in [0.05, 0.1) is 18.2 Å². The fourth-order valence-electron chi connectivity index (χ4n) is 1.96. The third-order valence-electron chi connectivity index (χ3n) is 2.94. The zero-order valence-corrected chi connectivity index (χ0v) is 15.2. The molecule has 6 heteroatoms. The van der Waals surface area contributed by atoms with Crippen molar-refractivity contribution in [2.75, 3.05) is 7.11 Å². The Bertz CT molecular complexity index is 624. The van der Waals surface area contributed by atoms with Gasteiger partial charge in [-0.3, -0.25) is 5.84 Å². The van der Waals surface area contributed by atoms with Crippen LogP contribution in [0, 0.1) is 3.57 Å². The zero-order chi connectivity index (χ0) is 14.7. The van der Waals surface area contributed by atoms with E-state index in [1.165, 1.54) is 0 Å². The molecule has 0 spiro atoms. The van der Waals surface area contributed by atoms with E-state index < -0.39 is 0 Å². The summed E-state index contributed by atoms with van der Waals surface area (Å²) in [6.45, 7) is 0. The highest BCUT2D eigenvalue weighted by Gasteiger charge is 2.17. The zero-order valence-electron chi connectivity index (χ0n) is 10.7. The van der Waals surface area contributed by atoms with E-state index in [-0.39, 0.29) is 6.04 Å². The van der Waals surface area contributed by atoms with Gasteiger partial charge in [0.25, 0.3) is 0 Å². The molecule has 0 aliphatic rings. The maximum absolute atomic E-state index is 6.06. The van der Waals surface area contributed by atoms with Gasteiger partial charge in [-0.15, -0.1) is 0 Å². The molecular weight excluding hydrogens is 454 g/mol. The van der Waals surface area contributed by atoms with Gasteiger partial charge in [-0.1, -0.05) is 33.6 Å². The maximum Gasteiger partial charge on any atom is 0.137 e. The molecule has 2 aromatic carbocycles. The Morgan fingerprint density at radius 1 is 1.30 bits per heavy atom. The standard InChI is InChI=1S/C14H13BrClIN2O/c1-20-13-6-8(2-5-12(13)16)14(19-18)10-7-9(17)3-4-11(10)15/h2-7,14,19H,18H2,1H3. The fourth-order valence-corrected chi connectivity index (χ4v) is 3.14. The van der Waals surface area contributed by atoms with Crippen LogP contribution in [0.4, 0.5) is 0 Å². The average molecular weight is 468 g/mol. The molecule has 0 aromatic heterocycles. The molecule has 0 saturated heterocycles. The Morgan fingerprint density at radius 2 is 2.05 bits per heavy atom. The number of rotatable bonds is 4. The highest BCUT2D eigenvalue weighted by molar-refractivity contribution is 14.1. The van der Waals surface area contributed by atoms with Crippen LogP contribution in [0.1, 0.15) is 17.2 Å². The van der Waals surface area contributed by atoms with Gasteiger partial charge in [-0.2, -0.15) is 0 Å². The number of nitrogens with one attached hydrogen (secondary N) is 1. The van der Waals surface area contributed by atoms with Crippen LogP contribution < -0.4 is 16.0 Å². The van der Waals surface area contributed by atoms with Crippen molar-refractivity contribution in [3.05, 3.63) is 60.6 Å². The van der Waals surface area contributed by atoms with Crippen LogP contribution in [0.15, 0.2) is 40.9 Å². The van der Waals surface area contributed by atoms with Gasteiger partial charge in [-0.05, 0) is 64.0 Å². The third kappa shape index (κ3) is 3.46. The van der Waals surface area contributed by atoms with Crippen molar-refractivity contribution in [2.24, 2.45) is 5.84 Å². The molecule has 0 heterocycles. The summed E-state index contributed by atoms with van der Waals surface area (Å²) in [7, 11) is 1.59. The number of methoxy groups -OCH3 is 1. The van der Waals surface area contributed by atoms with E-state index in [0.29, 0.717) is 10.8 Å². The molecule has 2 rings (SSSR count). The van der Waals surface area contributed by atoms with Gasteiger partial charge < -0.3 is 4.74 Å². The van der Waals surface area contributed by atoms with Crippen LogP contribution in [-0.2, 0) is 0 Å². The van der Waals surface area contributed by atoms with Gasteiger partial charge in [0.2, 0.25) is 0 Å². The first-order valence-corrected chi connectivity index (χ1v) is 8.06. The van der Waals surface area contributed by atoms with Gasteiger partial charge in [0, 0.05) is 8.04 Å². The molecule has 0 saturated carbocycles. The van der Waals surface area contributed by atoms with Crippen molar-refractivity contribution < 1.29 is 4.74 Å². The summed E-state index contributed by atoms with van der Waals surface area (Å²) in [6, 6.07) is 11.6. The number of nitrogens with two attached hydrogens (primary N) is 1. The second kappa shape index (κ2) is 7.09. The van der Waals surface area contributed by atoms with Crippen LogP contribution in [0.2, 0.25) is 5.02 Å². The average Bonchev–Trinajstić information content (AvgIpc) is 2.45. The van der Waals surface area contributed by atoms with Crippen LogP contribution in [0.3, 0.4) is 0 Å². The Morgan fingerprint density at radius 3 is 2.70 bits per heavy atom. The van der Waals surface area contributed by atoms with Crippen LogP contribution in [0.5, 0.6) is 5.75 Å². The molecule has 1 unspecified atom stereocenters. The Hall–Kier alpha value is -0.340. The van der Waals surface area contributed by atoms with Gasteiger partial charge >= 0.3 is 0 Å². The smallest absolute Gasteiger partial charge is 0.137 e. The second-order valence-corrected chi connectivity index (χ2v) is 6.67. The summed E-state index contributed by atoms with van der Waals surface area (Å²) in [5.74, 6) is 6.37. The van der Waals surface area contributed by atoms with Crippen molar-refractivity contribution in [3.63, 3.8) is 0 Å². The topological polar surface area (TPSA) is 47.3 Å². The molecule has 20 heavy (non-hydrogen) atoms. The van der Waals surface area contributed by atoms with Crippen LogP contribution >= 0.6 is 50.1 Å². The van der Waals surface area contributed by atoms with Crippen molar-refractivity contribution in [2.45, 2.75) is 6.04 Å². The van der Waals surface area contributed by atoms with Crippen molar-refractivity contribution >= 4 is 50.1 Å². The summed E-state index contributed by atoms with van der Waals surface area (Å²) in [5.41, 5.74) is 4.88. The quantitative estimate of drug-likeness (QED) is 0.401. The molecule has 0 bridgehead atoms. The monoisotopic (exact) mass is 466 g/mol. The number of halogens is 3. The molecule has 2 aromatic rings. The number of hydrogen-bond donors (Lipinski definition) is 2. The second-order valence-electron chi connectivity index (χ2n) is 4.16. The highest BCUT2D eigenvalue weighted by Crippen LogP contribution is 2.33. The highest BCUT2D eigenvalue weighted by atomic mass is 127.